The fraction of sp³-hybridized carbons (Fsp3) is 0.0667. The van der Waals surface area contributed by atoms with Gasteiger partial charge in [-0.05, 0) is 42.5 Å². The van der Waals surface area contributed by atoms with Crippen molar-refractivity contribution in [3.63, 3.8) is 0 Å². The smallest absolute Gasteiger partial charge is 0.261 e. The van der Waals surface area contributed by atoms with E-state index in [1.54, 1.807) is 0 Å². The van der Waals surface area contributed by atoms with Crippen LogP contribution < -0.4 is 20.9 Å². The molecular formula is C15H15N3O5S. The molecule has 0 bridgehead atoms. The Morgan fingerprint density at radius 1 is 0.958 bits per heavy atom. The van der Waals surface area contributed by atoms with Crippen LogP contribution in [0.2, 0.25) is 0 Å². The molecule has 2 amide bonds. The number of rotatable bonds is 6. The van der Waals surface area contributed by atoms with Crippen molar-refractivity contribution in [2.75, 3.05) is 11.8 Å². The first-order chi connectivity index (χ1) is 11.2. The van der Waals surface area contributed by atoms with Gasteiger partial charge in [-0.3, -0.25) is 14.3 Å². The number of hydrogen-bond acceptors (Lipinski definition) is 5. The molecule has 126 valence electrons. The molecule has 9 heteroatoms. The third-order valence-electron chi connectivity index (χ3n) is 3.12. The van der Waals surface area contributed by atoms with E-state index in [2.05, 4.69) is 4.72 Å². The van der Waals surface area contributed by atoms with Crippen LogP contribution in [0.25, 0.3) is 0 Å². The van der Waals surface area contributed by atoms with Crippen LogP contribution in [0, 0.1) is 0 Å². The minimum atomic E-state index is -3.93. The van der Waals surface area contributed by atoms with Crippen LogP contribution in [0.3, 0.4) is 0 Å². The van der Waals surface area contributed by atoms with Crippen molar-refractivity contribution in [3.8, 4) is 5.75 Å². The molecule has 0 aliphatic rings. The van der Waals surface area contributed by atoms with E-state index < -0.39 is 21.8 Å². The first-order valence-corrected chi connectivity index (χ1v) is 8.13. The molecule has 24 heavy (non-hydrogen) atoms. The maximum atomic E-state index is 12.4. The van der Waals surface area contributed by atoms with Crippen molar-refractivity contribution in [1.82, 2.24) is 0 Å². The van der Waals surface area contributed by atoms with Crippen molar-refractivity contribution in [2.45, 2.75) is 4.90 Å². The molecule has 5 N–H and O–H groups in total. The maximum Gasteiger partial charge on any atom is 0.261 e. The summed E-state index contributed by atoms with van der Waals surface area (Å²) in [4.78, 5) is 22.6. The molecule has 2 aromatic rings. The second kappa shape index (κ2) is 6.59. The van der Waals surface area contributed by atoms with Gasteiger partial charge in [0.05, 0.1) is 17.7 Å². The Morgan fingerprint density at radius 3 is 1.88 bits per heavy atom. The topological polar surface area (TPSA) is 142 Å². The lowest BCUT2D eigenvalue weighted by atomic mass is 10.1. The van der Waals surface area contributed by atoms with Gasteiger partial charge in [-0.2, -0.15) is 0 Å². The predicted octanol–water partition coefficient (Wildman–Crippen LogP) is 0.694. The summed E-state index contributed by atoms with van der Waals surface area (Å²) in [5.74, 6) is -1.13. The summed E-state index contributed by atoms with van der Waals surface area (Å²) in [5.41, 5.74) is 10.3. The van der Waals surface area contributed by atoms with E-state index in [4.69, 9.17) is 16.2 Å². The Labute approximate surface area is 138 Å². The summed E-state index contributed by atoms with van der Waals surface area (Å²) >= 11 is 0. The van der Waals surface area contributed by atoms with Crippen LogP contribution in [0.5, 0.6) is 5.75 Å². The Bertz CT molecular complexity index is 860. The molecule has 0 spiro atoms. The van der Waals surface area contributed by atoms with Gasteiger partial charge < -0.3 is 16.2 Å². The number of hydrogen-bond donors (Lipinski definition) is 3. The molecule has 0 atom stereocenters. The average molecular weight is 349 g/mol. The Balaban J connectivity index is 2.41. The zero-order valence-electron chi connectivity index (χ0n) is 12.6. The van der Waals surface area contributed by atoms with E-state index in [1.165, 1.54) is 49.6 Å². The Kier molecular flexibility index (Phi) is 4.74. The molecule has 0 saturated carbocycles. The van der Waals surface area contributed by atoms with Crippen LogP contribution >= 0.6 is 0 Å². The number of carbonyl (C=O) groups is 2. The number of primary amides is 2. The molecule has 0 saturated heterocycles. The fourth-order valence-corrected chi connectivity index (χ4v) is 2.98. The predicted molar refractivity (Wildman–Crippen MR) is 87.3 cm³/mol. The zero-order valence-corrected chi connectivity index (χ0v) is 13.5. The minimum absolute atomic E-state index is 0.00378. The molecule has 0 aliphatic carbocycles. The van der Waals surface area contributed by atoms with Crippen LogP contribution in [0.15, 0.2) is 47.4 Å². The first kappa shape index (κ1) is 17.3. The van der Waals surface area contributed by atoms with Crippen molar-refractivity contribution in [3.05, 3.63) is 53.6 Å². The highest BCUT2D eigenvalue weighted by atomic mass is 32.2. The molecule has 0 heterocycles. The lowest BCUT2D eigenvalue weighted by Gasteiger charge is -2.11. The molecule has 0 unspecified atom stereocenters. The summed E-state index contributed by atoms with van der Waals surface area (Å²) in [6.45, 7) is 0. The first-order valence-electron chi connectivity index (χ1n) is 6.64. The van der Waals surface area contributed by atoms with Gasteiger partial charge >= 0.3 is 0 Å². The highest BCUT2D eigenvalue weighted by molar-refractivity contribution is 7.92. The molecule has 0 fully saturated rings. The zero-order chi connectivity index (χ0) is 17.9. The highest BCUT2D eigenvalue weighted by Crippen LogP contribution is 2.21. The number of carbonyl (C=O) groups excluding carboxylic acids is 2. The lowest BCUT2D eigenvalue weighted by molar-refractivity contribution is 0.0999. The van der Waals surface area contributed by atoms with Crippen LogP contribution in [0.4, 0.5) is 5.69 Å². The third-order valence-corrected chi connectivity index (χ3v) is 4.52. The quantitative estimate of drug-likeness (QED) is 0.703. The molecule has 8 nitrogen and oxygen atoms in total. The van der Waals surface area contributed by atoms with Gasteiger partial charge in [-0.1, -0.05) is 0 Å². The number of amides is 2. The molecule has 0 aliphatic heterocycles. The SMILES string of the molecule is COc1ccc(S(=O)(=O)Nc2cc(C(N)=O)cc(C(N)=O)c2)cc1. The summed E-state index contributed by atoms with van der Waals surface area (Å²) in [6.07, 6.45) is 0. The average Bonchev–Trinajstić information content (AvgIpc) is 2.54. The second-order valence-electron chi connectivity index (χ2n) is 4.81. The van der Waals surface area contributed by atoms with Gasteiger partial charge in [0.15, 0.2) is 0 Å². The van der Waals surface area contributed by atoms with Gasteiger partial charge in [0.25, 0.3) is 10.0 Å². The van der Waals surface area contributed by atoms with Crippen molar-refractivity contribution in [1.29, 1.82) is 0 Å². The van der Waals surface area contributed by atoms with E-state index in [1.807, 2.05) is 0 Å². The number of benzene rings is 2. The third kappa shape index (κ3) is 3.82. The number of nitrogens with one attached hydrogen (secondary N) is 1. The van der Waals surface area contributed by atoms with E-state index in [9.17, 15) is 18.0 Å². The van der Waals surface area contributed by atoms with Crippen molar-refractivity contribution < 1.29 is 22.7 Å². The summed E-state index contributed by atoms with van der Waals surface area (Å²) in [6, 6.07) is 9.32. The highest BCUT2D eigenvalue weighted by Gasteiger charge is 2.17. The van der Waals surface area contributed by atoms with E-state index in [-0.39, 0.29) is 21.7 Å². The summed E-state index contributed by atoms with van der Waals surface area (Å²) in [5, 5.41) is 0. The van der Waals surface area contributed by atoms with Crippen LogP contribution in [0.1, 0.15) is 20.7 Å². The normalized spacial score (nSPS) is 10.9. The molecule has 2 aromatic carbocycles. The van der Waals surface area contributed by atoms with Crippen LogP contribution in [-0.4, -0.2) is 27.3 Å². The van der Waals surface area contributed by atoms with Crippen molar-refractivity contribution in [2.24, 2.45) is 11.5 Å². The van der Waals surface area contributed by atoms with Crippen molar-refractivity contribution >= 4 is 27.5 Å². The standard InChI is InChI=1S/C15H15N3O5S/c1-23-12-2-4-13(5-3-12)24(21,22)18-11-7-9(14(16)19)6-10(8-11)15(17)20/h2-8,18H,1H3,(H2,16,19)(H2,17,20). The summed E-state index contributed by atoms with van der Waals surface area (Å²) in [7, 11) is -2.47. The minimum Gasteiger partial charge on any atom is -0.497 e. The number of sulfonamides is 1. The molecular weight excluding hydrogens is 334 g/mol. The number of anilines is 1. The van der Waals surface area contributed by atoms with Gasteiger partial charge in [-0.15, -0.1) is 0 Å². The van der Waals surface area contributed by atoms with Gasteiger partial charge in [0.2, 0.25) is 11.8 Å². The van der Waals surface area contributed by atoms with E-state index >= 15 is 0 Å². The van der Waals surface area contributed by atoms with Crippen LogP contribution in [-0.2, 0) is 10.0 Å². The van der Waals surface area contributed by atoms with Gasteiger partial charge in [0, 0.05) is 11.1 Å². The van der Waals surface area contributed by atoms with Gasteiger partial charge in [0.1, 0.15) is 5.75 Å². The largest absolute Gasteiger partial charge is 0.497 e. The fourth-order valence-electron chi connectivity index (χ4n) is 1.94. The number of methoxy groups -OCH3 is 1. The lowest BCUT2D eigenvalue weighted by Crippen LogP contribution is -2.18. The number of ether oxygens (including phenoxy) is 1. The monoisotopic (exact) mass is 349 g/mol. The number of nitrogens with two attached hydrogens (primary N) is 2. The Morgan fingerprint density at radius 2 is 1.46 bits per heavy atom. The Hall–Kier alpha value is -3.07. The molecule has 2 rings (SSSR count). The summed E-state index contributed by atoms with van der Waals surface area (Å²) < 4.78 is 32.0. The van der Waals surface area contributed by atoms with E-state index in [0.717, 1.165) is 0 Å². The second-order valence-corrected chi connectivity index (χ2v) is 6.49. The molecule has 0 radical (unpaired) electrons. The molecule has 0 aromatic heterocycles. The maximum absolute atomic E-state index is 12.4. The van der Waals surface area contributed by atoms with E-state index in [0.29, 0.717) is 5.75 Å². The van der Waals surface area contributed by atoms with Gasteiger partial charge in [-0.25, -0.2) is 8.42 Å².